The summed E-state index contributed by atoms with van der Waals surface area (Å²) in [5.74, 6) is 0.547. The van der Waals surface area contributed by atoms with Crippen molar-refractivity contribution < 1.29 is 9.90 Å². The van der Waals surface area contributed by atoms with Gasteiger partial charge in [-0.3, -0.25) is 4.79 Å². The third-order valence-corrected chi connectivity index (χ3v) is 4.12. The van der Waals surface area contributed by atoms with Gasteiger partial charge in [0, 0.05) is 24.8 Å². The molecule has 0 unspecified atom stereocenters. The van der Waals surface area contributed by atoms with E-state index in [9.17, 15) is 9.90 Å². The Morgan fingerprint density at radius 3 is 2.71 bits per heavy atom. The second-order valence-corrected chi connectivity index (χ2v) is 5.77. The van der Waals surface area contributed by atoms with E-state index in [1.54, 1.807) is 29.2 Å². The normalized spacial score (nSPS) is 20.2. The number of nitrogens with one attached hydrogen (secondary N) is 1. The molecule has 1 aromatic heterocycles. The fraction of sp³-hybridized carbons (Fsp3) is 0.278. The van der Waals surface area contributed by atoms with Crippen LogP contribution in [0.2, 0.25) is 0 Å². The van der Waals surface area contributed by atoms with Gasteiger partial charge in [0.25, 0.3) is 5.91 Å². The summed E-state index contributed by atoms with van der Waals surface area (Å²) >= 11 is 0. The van der Waals surface area contributed by atoms with Crippen molar-refractivity contribution in [2.24, 2.45) is 0 Å². The van der Waals surface area contributed by atoms with Gasteiger partial charge in [-0.15, -0.1) is 0 Å². The van der Waals surface area contributed by atoms with E-state index < -0.39 is 6.10 Å². The lowest BCUT2D eigenvalue weighted by molar-refractivity contribution is 0.0426. The molecular formula is C18H18N4O2. The largest absolute Gasteiger partial charge is 0.389 e. The van der Waals surface area contributed by atoms with Crippen LogP contribution < -0.4 is 5.32 Å². The Kier molecular flexibility index (Phi) is 4.73. The molecule has 0 radical (unpaired) electrons. The number of hydrogen-bond donors (Lipinski definition) is 2. The summed E-state index contributed by atoms with van der Waals surface area (Å²) in [5, 5.41) is 22.3. The number of aliphatic hydroxyl groups is 1. The smallest absolute Gasteiger partial charge is 0.253 e. The van der Waals surface area contributed by atoms with E-state index in [4.69, 9.17) is 5.26 Å². The van der Waals surface area contributed by atoms with E-state index >= 15 is 0 Å². The van der Waals surface area contributed by atoms with Gasteiger partial charge in [-0.2, -0.15) is 5.26 Å². The zero-order valence-corrected chi connectivity index (χ0v) is 13.1. The van der Waals surface area contributed by atoms with Crippen molar-refractivity contribution in [2.45, 2.75) is 18.6 Å². The molecule has 1 amide bonds. The standard InChI is InChI=1S/C18H18N4O2/c19-10-13-6-7-17(20-11-13)21-15-8-9-22(12-16(15)23)18(24)14-4-2-1-3-5-14/h1-7,11,15-16,23H,8-9,12H2,(H,20,21)/t15-,16-/m0/s1. The molecular weight excluding hydrogens is 304 g/mol. The molecule has 0 spiro atoms. The number of anilines is 1. The number of piperidine rings is 1. The minimum atomic E-state index is -0.677. The van der Waals surface area contributed by atoms with Crippen LogP contribution >= 0.6 is 0 Å². The van der Waals surface area contributed by atoms with Crippen molar-refractivity contribution in [3.8, 4) is 6.07 Å². The van der Waals surface area contributed by atoms with Gasteiger partial charge in [-0.1, -0.05) is 18.2 Å². The van der Waals surface area contributed by atoms with Gasteiger partial charge in [-0.05, 0) is 30.7 Å². The number of benzene rings is 1. The van der Waals surface area contributed by atoms with Gasteiger partial charge >= 0.3 is 0 Å². The number of nitrogens with zero attached hydrogens (tertiary/aromatic N) is 3. The Morgan fingerprint density at radius 1 is 1.29 bits per heavy atom. The zero-order chi connectivity index (χ0) is 16.9. The third-order valence-electron chi connectivity index (χ3n) is 4.12. The van der Waals surface area contributed by atoms with Crippen LogP contribution in [0, 0.1) is 11.3 Å². The number of β-amino-alcohol motifs (C(OH)–C–C–N with tert-alkyl or cyclic N) is 1. The number of hydrogen-bond acceptors (Lipinski definition) is 5. The van der Waals surface area contributed by atoms with Gasteiger partial charge in [0.05, 0.1) is 17.7 Å². The average molecular weight is 322 g/mol. The topological polar surface area (TPSA) is 89.2 Å². The lowest BCUT2D eigenvalue weighted by atomic mass is 10.0. The van der Waals surface area contributed by atoms with E-state index in [0.29, 0.717) is 29.9 Å². The highest BCUT2D eigenvalue weighted by atomic mass is 16.3. The van der Waals surface area contributed by atoms with E-state index in [-0.39, 0.29) is 18.5 Å². The van der Waals surface area contributed by atoms with Crippen molar-refractivity contribution in [3.05, 3.63) is 59.8 Å². The van der Waals surface area contributed by atoms with Crippen LogP contribution in [0.15, 0.2) is 48.7 Å². The number of rotatable bonds is 3. The Morgan fingerprint density at radius 2 is 2.08 bits per heavy atom. The average Bonchev–Trinajstić information content (AvgIpc) is 2.64. The molecule has 2 heterocycles. The Balaban J connectivity index is 1.61. The Bertz CT molecular complexity index is 740. The molecule has 2 N–H and O–H groups in total. The van der Waals surface area contributed by atoms with E-state index in [1.165, 1.54) is 6.20 Å². The Labute approximate surface area is 140 Å². The lowest BCUT2D eigenvalue weighted by Crippen LogP contribution is -2.51. The molecule has 1 saturated heterocycles. The molecule has 2 aromatic rings. The molecule has 1 aliphatic heterocycles. The van der Waals surface area contributed by atoms with Crippen LogP contribution in [0.1, 0.15) is 22.3 Å². The lowest BCUT2D eigenvalue weighted by Gasteiger charge is -2.36. The van der Waals surface area contributed by atoms with Crippen molar-refractivity contribution in [3.63, 3.8) is 0 Å². The second-order valence-electron chi connectivity index (χ2n) is 5.77. The maximum Gasteiger partial charge on any atom is 0.253 e. The molecule has 1 aromatic carbocycles. The van der Waals surface area contributed by atoms with E-state index in [1.807, 2.05) is 24.3 Å². The van der Waals surface area contributed by atoms with Crippen LogP contribution in [-0.4, -0.2) is 46.1 Å². The third kappa shape index (κ3) is 3.53. The molecule has 6 heteroatoms. The first kappa shape index (κ1) is 16.0. The monoisotopic (exact) mass is 322 g/mol. The number of carbonyl (C=O) groups is 1. The summed E-state index contributed by atoms with van der Waals surface area (Å²) in [5.41, 5.74) is 1.12. The minimum absolute atomic E-state index is 0.0652. The quantitative estimate of drug-likeness (QED) is 0.897. The number of pyridine rings is 1. The van der Waals surface area contributed by atoms with Gasteiger partial charge in [0.1, 0.15) is 11.9 Å². The summed E-state index contributed by atoms with van der Waals surface area (Å²) in [7, 11) is 0. The fourth-order valence-corrected chi connectivity index (χ4v) is 2.78. The molecule has 3 rings (SSSR count). The molecule has 6 nitrogen and oxygen atoms in total. The predicted molar refractivity (Wildman–Crippen MR) is 89.3 cm³/mol. The van der Waals surface area contributed by atoms with Crippen LogP contribution in [-0.2, 0) is 0 Å². The summed E-state index contributed by atoms with van der Waals surface area (Å²) < 4.78 is 0. The summed E-state index contributed by atoms with van der Waals surface area (Å²) in [6.45, 7) is 0.848. The van der Waals surface area contributed by atoms with Crippen molar-refractivity contribution in [2.75, 3.05) is 18.4 Å². The van der Waals surface area contributed by atoms with Crippen LogP contribution in [0.3, 0.4) is 0 Å². The fourth-order valence-electron chi connectivity index (χ4n) is 2.78. The first-order valence-electron chi connectivity index (χ1n) is 7.82. The Hall–Kier alpha value is -2.91. The summed E-state index contributed by atoms with van der Waals surface area (Å²) in [4.78, 5) is 18.3. The molecule has 0 bridgehead atoms. The van der Waals surface area contributed by atoms with Gasteiger partial charge in [0.15, 0.2) is 0 Å². The van der Waals surface area contributed by atoms with Crippen LogP contribution in [0.25, 0.3) is 0 Å². The highest BCUT2D eigenvalue weighted by molar-refractivity contribution is 5.94. The molecule has 0 aliphatic carbocycles. The molecule has 1 fully saturated rings. The molecule has 2 atom stereocenters. The maximum absolute atomic E-state index is 12.4. The SMILES string of the molecule is N#Cc1ccc(N[C@H]2CCN(C(=O)c3ccccc3)C[C@@H]2O)nc1. The first-order chi connectivity index (χ1) is 11.7. The summed E-state index contributed by atoms with van der Waals surface area (Å²) in [6.07, 6.45) is 1.44. The van der Waals surface area contributed by atoms with E-state index in [2.05, 4.69) is 10.3 Å². The molecule has 1 aliphatic rings. The van der Waals surface area contributed by atoms with Gasteiger partial charge < -0.3 is 15.3 Å². The van der Waals surface area contributed by atoms with Crippen molar-refractivity contribution in [1.29, 1.82) is 5.26 Å². The number of aliphatic hydroxyl groups excluding tert-OH is 1. The molecule has 122 valence electrons. The van der Waals surface area contributed by atoms with Gasteiger partial charge in [0.2, 0.25) is 0 Å². The number of nitriles is 1. The minimum Gasteiger partial charge on any atom is -0.389 e. The second kappa shape index (κ2) is 7.11. The number of amides is 1. The zero-order valence-electron chi connectivity index (χ0n) is 13.1. The van der Waals surface area contributed by atoms with E-state index in [0.717, 1.165) is 0 Å². The van der Waals surface area contributed by atoms with Crippen LogP contribution in [0.5, 0.6) is 0 Å². The first-order valence-corrected chi connectivity index (χ1v) is 7.82. The maximum atomic E-state index is 12.4. The van der Waals surface area contributed by atoms with Crippen molar-refractivity contribution >= 4 is 11.7 Å². The van der Waals surface area contributed by atoms with Crippen molar-refractivity contribution in [1.82, 2.24) is 9.88 Å². The molecule has 24 heavy (non-hydrogen) atoms. The highest BCUT2D eigenvalue weighted by Gasteiger charge is 2.30. The van der Waals surface area contributed by atoms with Crippen LogP contribution in [0.4, 0.5) is 5.82 Å². The highest BCUT2D eigenvalue weighted by Crippen LogP contribution is 2.18. The van der Waals surface area contributed by atoms with Gasteiger partial charge in [-0.25, -0.2) is 4.98 Å². The number of aromatic nitrogens is 1. The number of carbonyl (C=O) groups excluding carboxylic acids is 1. The molecule has 0 saturated carbocycles. The number of likely N-dealkylation sites (tertiary alicyclic amines) is 1. The summed E-state index contributed by atoms with van der Waals surface area (Å²) in [6, 6.07) is 14.3. The predicted octanol–water partition coefficient (Wildman–Crippen LogP) is 1.64.